The van der Waals surface area contributed by atoms with Crippen molar-refractivity contribution in [3.63, 3.8) is 0 Å². The van der Waals surface area contributed by atoms with Crippen molar-refractivity contribution < 1.29 is 10.3 Å². The fraction of sp³-hybridized carbons (Fsp3) is 1.00. The third-order valence-electron chi connectivity index (χ3n) is 0.256. The van der Waals surface area contributed by atoms with E-state index in [1.54, 1.807) is 0 Å². The Kier molecular flexibility index (Phi) is 24.2. The molecule has 0 unspecified atom stereocenters. The van der Waals surface area contributed by atoms with Crippen molar-refractivity contribution in [1.82, 2.24) is 5.43 Å². The van der Waals surface area contributed by atoms with Gasteiger partial charge >= 0.3 is 0 Å². The topological polar surface area (TPSA) is 105 Å². The minimum Gasteiger partial charge on any atom is -0.395 e. The smallest absolute Gasteiger partial charge is 0.0569 e. The summed E-state index contributed by atoms with van der Waals surface area (Å²) in [6.45, 7) is 0.580. The van der Waals surface area contributed by atoms with Gasteiger partial charge in [-0.2, -0.15) is 0 Å². The van der Waals surface area contributed by atoms with E-state index in [1.807, 2.05) is 0 Å². The molecular weight excluding hydrogens is 98.0 g/mol. The molecule has 0 aromatic carbocycles. The number of rotatable bonds is 2. The van der Waals surface area contributed by atoms with Crippen molar-refractivity contribution in [2.45, 2.75) is 0 Å². The van der Waals surface area contributed by atoms with E-state index < -0.39 is 0 Å². The molecule has 0 aliphatic rings. The molecule has 0 spiro atoms. The van der Waals surface area contributed by atoms with Crippen molar-refractivity contribution in [1.29, 1.82) is 0 Å². The lowest BCUT2D eigenvalue weighted by atomic mass is 10.7. The van der Waals surface area contributed by atoms with Crippen LogP contribution in [0.2, 0.25) is 0 Å². The predicted molar refractivity (Wildman–Crippen MR) is 25.2 cm³/mol. The SMILES string of the molecule is NNCCO.NO. The molecule has 0 aromatic heterocycles. The molecule has 0 saturated heterocycles. The fourth-order valence-electron chi connectivity index (χ4n) is 0.0645. The highest BCUT2D eigenvalue weighted by Gasteiger charge is 1.66. The van der Waals surface area contributed by atoms with Gasteiger partial charge in [-0.1, -0.05) is 0 Å². The average molecular weight is 109 g/mol. The molecule has 7 heavy (non-hydrogen) atoms. The van der Waals surface area contributed by atoms with E-state index in [4.69, 9.17) is 16.2 Å². The number of aliphatic hydroxyl groups excluding tert-OH is 1. The maximum Gasteiger partial charge on any atom is 0.0569 e. The van der Waals surface area contributed by atoms with Crippen LogP contribution >= 0.6 is 0 Å². The van der Waals surface area contributed by atoms with E-state index >= 15 is 0 Å². The van der Waals surface area contributed by atoms with Crippen LogP contribution in [-0.2, 0) is 0 Å². The van der Waals surface area contributed by atoms with Gasteiger partial charge in [0.05, 0.1) is 6.61 Å². The number of hydrazine groups is 1. The minimum absolute atomic E-state index is 0.108. The van der Waals surface area contributed by atoms with Gasteiger partial charge < -0.3 is 10.3 Å². The first-order valence-corrected chi connectivity index (χ1v) is 1.72. The van der Waals surface area contributed by atoms with Gasteiger partial charge in [0.2, 0.25) is 0 Å². The highest BCUT2D eigenvalue weighted by Crippen LogP contribution is 1.39. The molecule has 0 aromatic rings. The van der Waals surface area contributed by atoms with E-state index in [0.717, 1.165) is 0 Å². The molecule has 7 N–H and O–H groups in total. The number of nitrogens with two attached hydrogens (primary N) is 2. The van der Waals surface area contributed by atoms with Crippen LogP contribution in [0.3, 0.4) is 0 Å². The average Bonchev–Trinajstić information content (AvgIpc) is 1.75. The van der Waals surface area contributed by atoms with E-state index in [-0.39, 0.29) is 6.61 Å². The summed E-state index contributed by atoms with van der Waals surface area (Å²) in [4.78, 5) is 0. The second-order valence-corrected chi connectivity index (χ2v) is 0.678. The predicted octanol–water partition coefficient (Wildman–Crippen LogP) is -2.22. The first kappa shape index (κ1) is 9.93. The summed E-state index contributed by atoms with van der Waals surface area (Å²) in [6, 6.07) is 0. The van der Waals surface area contributed by atoms with E-state index in [1.165, 1.54) is 0 Å². The molecule has 0 radical (unpaired) electrons. The van der Waals surface area contributed by atoms with Crippen LogP contribution in [0, 0.1) is 0 Å². The summed E-state index contributed by atoms with van der Waals surface area (Å²) < 4.78 is 0. The highest BCUT2D eigenvalue weighted by atomic mass is 16.4. The van der Waals surface area contributed by atoms with Crippen LogP contribution in [0.15, 0.2) is 0 Å². The van der Waals surface area contributed by atoms with Gasteiger partial charge in [-0.15, -0.1) is 0 Å². The molecule has 0 fully saturated rings. The van der Waals surface area contributed by atoms with E-state index in [9.17, 15) is 0 Å². The number of hydrogen-bond donors (Lipinski definition) is 5. The summed E-state index contributed by atoms with van der Waals surface area (Å²) >= 11 is 0. The molecule has 46 valence electrons. The van der Waals surface area contributed by atoms with Gasteiger partial charge in [0.1, 0.15) is 0 Å². The Labute approximate surface area is 41.9 Å². The molecule has 0 bridgehead atoms. The molecular formula is C2H11N3O2. The highest BCUT2D eigenvalue weighted by molar-refractivity contribution is 4.24. The van der Waals surface area contributed by atoms with Gasteiger partial charge in [0, 0.05) is 6.54 Å². The molecule has 5 heteroatoms. The summed E-state index contributed by atoms with van der Waals surface area (Å²) in [6.07, 6.45) is 0. The Balaban J connectivity index is 0. The quantitative estimate of drug-likeness (QED) is 0.204. The van der Waals surface area contributed by atoms with Gasteiger partial charge in [-0.25, -0.2) is 5.90 Å². The Morgan fingerprint density at radius 1 is 1.43 bits per heavy atom. The normalized spacial score (nSPS) is 6.86. The van der Waals surface area contributed by atoms with Crippen LogP contribution in [0.1, 0.15) is 0 Å². The lowest BCUT2D eigenvalue weighted by molar-refractivity contribution is 0.293. The summed E-state index contributed by atoms with van der Waals surface area (Å²) in [5.74, 6) is 8.23. The van der Waals surface area contributed by atoms with Crippen molar-refractivity contribution in [3.05, 3.63) is 0 Å². The van der Waals surface area contributed by atoms with Gasteiger partial charge in [-0.3, -0.25) is 11.3 Å². The Morgan fingerprint density at radius 3 is 1.86 bits per heavy atom. The first-order valence-electron chi connectivity index (χ1n) is 1.72. The van der Waals surface area contributed by atoms with E-state index in [2.05, 4.69) is 11.3 Å². The van der Waals surface area contributed by atoms with Gasteiger partial charge in [-0.05, 0) is 0 Å². The number of aliphatic hydroxyl groups is 1. The zero-order chi connectivity index (χ0) is 6.12. The largest absolute Gasteiger partial charge is 0.395 e. The lowest BCUT2D eigenvalue weighted by Gasteiger charge is -1.84. The summed E-state index contributed by atoms with van der Waals surface area (Å²) in [5, 5.41) is 14.4. The van der Waals surface area contributed by atoms with Crippen LogP contribution in [0.5, 0.6) is 0 Å². The standard InChI is InChI=1S/C2H8N2O.H3NO/c3-4-1-2-5;1-2/h4-5H,1-3H2;2H,1H2. The molecule has 0 rings (SSSR count). The summed E-state index contributed by atoms with van der Waals surface area (Å²) in [7, 11) is 0. The number of nitrogens with one attached hydrogen (secondary N) is 1. The molecule has 0 saturated carbocycles. The number of hydrogen-bond acceptors (Lipinski definition) is 5. The van der Waals surface area contributed by atoms with Crippen LogP contribution in [0.4, 0.5) is 0 Å². The third-order valence-corrected chi connectivity index (χ3v) is 0.256. The molecule has 0 atom stereocenters. The fourth-order valence-corrected chi connectivity index (χ4v) is 0.0645. The Bertz CT molecular complexity index is 18.4. The van der Waals surface area contributed by atoms with Crippen molar-refractivity contribution >= 4 is 0 Å². The monoisotopic (exact) mass is 109 g/mol. The summed E-state index contributed by atoms with van der Waals surface area (Å²) in [5.41, 5.74) is 2.27. The lowest BCUT2D eigenvalue weighted by Crippen LogP contribution is -2.24. The van der Waals surface area contributed by atoms with Crippen molar-refractivity contribution in [2.24, 2.45) is 11.7 Å². The van der Waals surface area contributed by atoms with E-state index in [0.29, 0.717) is 6.54 Å². The Hall–Kier alpha value is -0.200. The first-order chi connectivity index (χ1) is 3.41. The second kappa shape index (κ2) is 17.0. The molecule has 0 aliphatic heterocycles. The molecule has 0 aliphatic carbocycles. The zero-order valence-electron chi connectivity index (χ0n) is 3.96. The van der Waals surface area contributed by atoms with Gasteiger partial charge in [0.25, 0.3) is 0 Å². The van der Waals surface area contributed by atoms with Crippen LogP contribution < -0.4 is 17.2 Å². The van der Waals surface area contributed by atoms with Crippen molar-refractivity contribution in [2.75, 3.05) is 13.2 Å². The third kappa shape index (κ3) is 25.8. The molecule has 0 amide bonds. The molecule has 5 nitrogen and oxygen atoms in total. The van der Waals surface area contributed by atoms with Crippen LogP contribution in [-0.4, -0.2) is 23.5 Å². The minimum atomic E-state index is 0.108. The maximum atomic E-state index is 7.92. The molecule has 0 heterocycles. The second-order valence-electron chi connectivity index (χ2n) is 0.678. The van der Waals surface area contributed by atoms with Crippen LogP contribution in [0.25, 0.3) is 0 Å². The Morgan fingerprint density at radius 2 is 1.86 bits per heavy atom. The zero-order valence-corrected chi connectivity index (χ0v) is 3.96. The maximum absolute atomic E-state index is 7.92. The van der Waals surface area contributed by atoms with Crippen molar-refractivity contribution in [3.8, 4) is 0 Å². The van der Waals surface area contributed by atoms with Gasteiger partial charge in [0.15, 0.2) is 0 Å².